The summed E-state index contributed by atoms with van der Waals surface area (Å²) in [7, 11) is 0. The van der Waals surface area contributed by atoms with Gasteiger partial charge < -0.3 is 10.7 Å². The Bertz CT molecular complexity index is 382. The van der Waals surface area contributed by atoms with E-state index in [1.54, 1.807) is 6.20 Å². The highest BCUT2D eigenvalue weighted by Crippen LogP contribution is 2.33. The lowest BCUT2D eigenvalue weighted by atomic mass is 9.85. The number of nitrogens with one attached hydrogen (secondary N) is 1. The molecule has 4 nitrogen and oxygen atoms in total. The predicted octanol–water partition coefficient (Wildman–Crippen LogP) is 0.929. The third-order valence-electron chi connectivity index (χ3n) is 3.03. The number of hydrogen-bond donors (Lipinski definition) is 2. The first-order valence-corrected chi connectivity index (χ1v) is 5.59. The van der Waals surface area contributed by atoms with Crippen molar-refractivity contribution >= 4 is 0 Å². The van der Waals surface area contributed by atoms with Crippen molar-refractivity contribution in [2.45, 2.75) is 38.0 Å². The molecule has 1 fully saturated rings. The van der Waals surface area contributed by atoms with Crippen LogP contribution in [0.15, 0.2) is 11.0 Å². The lowest BCUT2D eigenvalue weighted by molar-refractivity contribution is 0.400. The van der Waals surface area contributed by atoms with Crippen molar-refractivity contribution in [2.75, 3.05) is 6.54 Å². The fraction of sp³-hybridized carbons (Fsp3) is 0.636. The molecule has 2 rings (SSSR count). The predicted molar refractivity (Wildman–Crippen MR) is 58.8 cm³/mol. The molecular formula is C11H17N3O. The molecule has 3 N–H and O–H groups in total. The van der Waals surface area contributed by atoms with E-state index in [0.717, 1.165) is 37.1 Å². The van der Waals surface area contributed by atoms with Crippen molar-refractivity contribution in [3.05, 3.63) is 27.9 Å². The van der Waals surface area contributed by atoms with Crippen molar-refractivity contribution < 1.29 is 0 Å². The second-order valence-corrected chi connectivity index (χ2v) is 4.14. The van der Waals surface area contributed by atoms with Crippen molar-refractivity contribution in [3.8, 4) is 0 Å². The summed E-state index contributed by atoms with van der Waals surface area (Å²) in [5, 5.41) is 0. The normalized spacial score (nSPS) is 16.3. The highest BCUT2D eigenvalue weighted by molar-refractivity contribution is 5.09. The van der Waals surface area contributed by atoms with Crippen LogP contribution in [0.4, 0.5) is 0 Å². The van der Waals surface area contributed by atoms with E-state index in [9.17, 15) is 4.79 Å². The van der Waals surface area contributed by atoms with Gasteiger partial charge in [-0.3, -0.25) is 4.79 Å². The van der Waals surface area contributed by atoms with Gasteiger partial charge in [0.2, 0.25) is 0 Å². The summed E-state index contributed by atoms with van der Waals surface area (Å²) in [5.41, 5.74) is 6.17. The van der Waals surface area contributed by atoms with E-state index in [2.05, 4.69) is 9.97 Å². The molecule has 0 spiro atoms. The summed E-state index contributed by atoms with van der Waals surface area (Å²) < 4.78 is 0. The maximum atomic E-state index is 11.7. The van der Waals surface area contributed by atoms with Crippen LogP contribution in [0.3, 0.4) is 0 Å². The maximum absolute atomic E-state index is 11.7. The summed E-state index contributed by atoms with van der Waals surface area (Å²) in [6, 6.07) is 0. The molecule has 1 aliphatic carbocycles. The zero-order valence-corrected chi connectivity index (χ0v) is 8.83. The first kappa shape index (κ1) is 10.4. The van der Waals surface area contributed by atoms with Crippen molar-refractivity contribution in [3.63, 3.8) is 0 Å². The van der Waals surface area contributed by atoms with Gasteiger partial charge in [0.25, 0.3) is 5.56 Å². The molecule has 0 radical (unpaired) electrons. The number of aromatic nitrogens is 2. The molecular weight excluding hydrogens is 190 g/mol. The van der Waals surface area contributed by atoms with Crippen LogP contribution in [-0.4, -0.2) is 16.5 Å². The van der Waals surface area contributed by atoms with Gasteiger partial charge in [-0.15, -0.1) is 0 Å². The molecule has 1 aliphatic rings. The molecule has 0 aromatic carbocycles. The number of hydrogen-bond acceptors (Lipinski definition) is 3. The van der Waals surface area contributed by atoms with Crippen LogP contribution in [0.2, 0.25) is 0 Å². The van der Waals surface area contributed by atoms with E-state index in [1.807, 2.05) is 0 Å². The molecule has 0 unspecified atom stereocenters. The molecule has 15 heavy (non-hydrogen) atoms. The van der Waals surface area contributed by atoms with Crippen LogP contribution in [0, 0.1) is 0 Å². The Hall–Kier alpha value is -1.16. The Balaban J connectivity index is 2.11. The average Bonchev–Trinajstić information content (AvgIpc) is 2.14. The van der Waals surface area contributed by atoms with Crippen LogP contribution in [0.5, 0.6) is 0 Å². The van der Waals surface area contributed by atoms with Gasteiger partial charge in [-0.25, -0.2) is 4.98 Å². The molecule has 0 atom stereocenters. The Morgan fingerprint density at radius 1 is 1.53 bits per heavy atom. The number of aryl methyl sites for hydroxylation is 1. The van der Waals surface area contributed by atoms with Gasteiger partial charge in [0.05, 0.1) is 0 Å². The minimum Gasteiger partial charge on any atom is -0.330 e. The molecule has 82 valence electrons. The van der Waals surface area contributed by atoms with Gasteiger partial charge in [0, 0.05) is 17.7 Å². The fourth-order valence-corrected chi connectivity index (χ4v) is 1.79. The van der Waals surface area contributed by atoms with E-state index >= 15 is 0 Å². The smallest absolute Gasteiger partial charge is 0.254 e. The van der Waals surface area contributed by atoms with Gasteiger partial charge in [-0.05, 0) is 32.2 Å². The first-order chi connectivity index (χ1) is 7.31. The largest absolute Gasteiger partial charge is 0.330 e. The molecule has 4 heteroatoms. The molecule has 1 heterocycles. The highest BCUT2D eigenvalue weighted by atomic mass is 16.1. The summed E-state index contributed by atoms with van der Waals surface area (Å²) >= 11 is 0. The Morgan fingerprint density at radius 2 is 2.33 bits per heavy atom. The van der Waals surface area contributed by atoms with Crippen molar-refractivity contribution in [1.82, 2.24) is 9.97 Å². The van der Waals surface area contributed by atoms with E-state index < -0.39 is 0 Å². The second-order valence-electron chi connectivity index (χ2n) is 4.14. The fourth-order valence-electron chi connectivity index (χ4n) is 1.79. The van der Waals surface area contributed by atoms with Gasteiger partial charge in [0.1, 0.15) is 5.82 Å². The third kappa shape index (κ3) is 2.26. The van der Waals surface area contributed by atoms with Crippen molar-refractivity contribution in [2.24, 2.45) is 5.73 Å². The number of nitrogens with zero attached hydrogens (tertiary/aromatic N) is 1. The minimum absolute atomic E-state index is 0.0142. The zero-order valence-electron chi connectivity index (χ0n) is 8.83. The molecule has 0 amide bonds. The topological polar surface area (TPSA) is 71.8 Å². The maximum Gasteiger partial charge on any atom is 0.254 e. The van der Waals surface area contributed by atoms with E-state index in [4.69, 9.17) is 5.73 Å². The monoisotopic (exact) mass is 207 g/mol. The Kier molecular flexibility index (Phi) is 3.16. The van der Waals surface area contributed by atoms with Crippen LogP contribution >= 0.6 is 0 Å². The Morgan fingerprint density at radius 3 is 2.87 bits per heavy atom. The molecule has 1 aromatic rings. The van der Waals surface area contributed by atoms with Gasteiger partial charge >= 0.3 is 0 Å². The lowest BCUT2D eigenvalue weighted by Crippen LogP contribution is -2.21. The van der Waals surface area contributed by atoms with E-state index in [1.165, 1.54) is 6.42 Å². The van der Waals surface area contributed by atoms with Gasteiger partial charge in [-0.1, -0.05) is 6.42 Å². The molecule has 0 saturated heterocycles. The first-order valence-electron chi connectivity index (χ1n) is 5.59. The van der Waals surface area contributed by atoms with Gasteiger partial charge in [-0.2, -0.15) is 0 Å². The standard InChI is InChI=1S/C11H17N3O/c12-6-2-5-9-7-13-10(14-11(9)15)8-3-1-4-8/h7-8H,1-6,12H2,(H,13,14,15). The van der Waals surface area contributed by atoms with E-state index in [0.29, 0.717) is 12.5 Å². The summed E-state index contributed by atoms with van der Waals surface area (Å²) in [6.45, 7) is 0.615. The molecule has 1 saturated carbocycles. The molecule has 0 bridgehead atoms. The summed E-state index contributed by atoms with van der Waals surface area (Å²) in [4.78, 5) is 18.9. The number of H-pyrrole nitrogens is 1. The molecule has 0 aliphatic heterocycles. The van der Waals surface area contributed by atoms with E-state index in [-0.39, 0.29) is 5.56 Å². The summed E-state index contributed by atoms with van der Waals surface area (Å²) in [5.74, 6) is 1.35. The number of nitrogens with two attached hydrogens (primary N) is 1. The zero-order chi connectivity index (χ0) is 10.7. The number of aromatic amines is 1. The van der Waals surface area contributed by atoms with Crippen LogP contribution in [0.1, 0.15) is 43.0 Å². The third-order valence-corrected chi connectivity index (χ3v) is 3.03. The molecule has 1 aromatic heterocycles. The second kappa shape index (κ2) is 4.57. The quantitative estimate of drug-likeness (QED) is 0.771. The van der Waals surface area contributed by atoms with Crippen LogP contribution in [-0.2, 0) is 6.42 Å². The SMILES string of the molecule is NCCCc1cnc(C2CCC2)[nH]c1=O. The average molecular weight is 207 g/mol. The van der Waals surface area contributed by atoms with Crippen molar-refractivity contribution in [1.29, 1.82) is 0 Å². The highest BCUT2D eigenvalue weighted by Gasteiger charge is 2.21. The van der Waals surface area contributed by atoms with Gasteiger partial charge in [0.15, 0.2) is 0 Å². The van der Waals surface area contributed by atoms with Crippen LogP contribution < -0.4 is 11.3 Å². The summed E-state index contributed by atoms with van der Waals surface area (Å²) in [6.07, 6.45) is 6.85. The lowest BCUT2D eigenvalue weighted by Gasteiger charge is -2.23. The minimum atomic E-state index is 0.0142. The Labute approximate surface area is 88.9 Å². The van der Waals surface area contributed by atoms with Crippen LogP contribution in [0.25, 0.3) is 0 Å². The number of rotatable bonds is 4.